The molecule has 1 unspecified atom stereocenters. The molecule has 1 atom stereocenters. The summed E-state index contributed by atoms with van der Waals surface area (Å²) in [6, 6.07) is 11.1. The molecule has 2 aliphatic rings. The van der Waals surface area contributed by atoms with Crippen molar-refractivity contribution in [2.75, 3.05) is 19.8 Å². The van der Waals surface area contributed by atoms with Gasteiger partial charge in [-0.3, -0.25) is 14.6 Å². The number of pyridine rings is 1. The Hall–Kier alpha value is -2.86. The molecule has 6 nitrogen and oxygen atoms in total. The van der Waals surface area contributed by atoms with E-state index in [2.05, 4.69) is 39.2 Å². The first-order chi connectivity index (χ1) is 13.8. The summed E-state index contributed by atoms with van der Waals surface area (Å²) in [5, 5.41) is 4.22. The van der Waals surface area contributed by atoms with Crippen LogP contribution < -0.4 is 9.47 Å². The maximum atomic E-state index is 5.77. The standard InChI is InChI=1S/C22H24N4O2/c1-25-15-18(13-24-25)19-6-4-16(12-23-19)14-26-8-2-3-20(26)17-5-7-21-22(11-17)28-10-9-27-21/h4-7,11-13,15,20H,2-3,8-10,14H2,1H3. The highest BCUT2D eigenvalue weighted by Crippen LogP contribution is 2.38. The molecule has 5 rings (SSSR count). The Morgan fingerprint density at radius 1 is 1.07 bits per heavy atom. The van der Waals surface area contributed by atoms with Crippen LogP contribution in [0.25, 0.3) is 11.3 Å². The van der Waals surface area contributed by atoms with E-state index in [1.165, 1.54) is 24.0 Å². The Morgan fingerprint density at radius 3 is 2.75 bits per heavy atom. The van der Waals surface area contributed by atoms with Crippen LogP contribution in [0, 0.1) is 0 Å². The predicted octanol–water partition coefficient (Wildman–Crippen LogP) is 3.59. The minimum absolute atomic E-state index is 0.411. The lowest BCUT2D eigenvalue weighted by Gasteiger charge is -2.26. The molecule has 0 aliphatic carbocycles. The highest BCUT2D eigenvalue weighted by atomic mass is 16.6. The van der Waals surface area contributed by atoms with Crippen molar-refractivity contribution in [2.45, 2.75) is 25.4 Å². The zero-order chi connectivity index (χ0) is 18.9. The van der Waals surface area contributed by atoms with E-state index in [4.69, 9.17) is 9.47 Å². The number of rotatable bonds is 4. The van der Waals surface area contributed by atoms with E-state index >= 15 is 0 Å². The third-order valence-electron chi connectivity index (χ3n) is 5.53. The highest BCUT2D eigenvalue weighted by Gasteiger charge is 2.27. The number of aromatic nitrogens is 3. The predicted molar refractivity (Wildman–Crippen MR) is 106 cm³/mol. The molecule has 3 aromatic rings. The average molecular weight is 376 g/mol. The van der Waals surface area contributed by atoms with Crippen LogP contribution in [0.15, 0.2) is 48.9 Å². The van der Waals surface area contributed by atoms with Crippen molar-refractivity contribution in [1.82, 2.24) is 19.7 Å². The Morgan fingerprint density at radius 2 is 1.96 bits per heavy atom. The lowest BCUT2D eigenvalue weighted by molar-refractivity contribution is 0.170. The first kappa shape index (κ1) is 17.3. The molecule has 0 bridgehead atoms. The molecule has 28 heavy (non-hydrogen) atoms. The number of fused-ring (bicyclic) bond motifs is 1. The van der Waals surface area contributed by atoms with Gasteiger partial charge in [-0.25, -0.2) is 0 Å². The molecule has 0 spiro atoms. The quantitative estimate of drug-likeness (QED) is 0.697. The fourth-order valence-electron chi connectivity index (χ4n) is 4.14. The largest absolute Gasteiger partial charge is 0.486 e. The maximum Gasteiger partial charge on any atom is 0.161 e. The van der Waals surface area contributed by atoms with Gasteiger partial charge in [-0.15, -0.1) is 0 Å². The summed E-state index contributed by atoms with van der Waals surface area (Å²) in [5.74, 6) is 1.73. The van der Waals surface area contributed by atoms with Crippen molar-refractivity contribution in [1.29, 1.82) is 0 Å². The molecule has 2 aromatic heterocycles. The number of likely N-dealkylation sites (tertiary alicyclic amines) is 1. The van der Waals surface area contributed by atoms with E-state index in [0.29, 0.717) is 19.3 Å². The molecule has 4 heterocycles. The first-order valence-electron chi connectivity index (χ1n) is 9.84. The van der Waals surface area contributed by atoms with E-state index in [0.717, 1.165) is 35.8 Å². The molecular weight excluding hydrogens is 352 g/mol. The van der Waals surface area contributed by atoms with Gasteiger partial charge in [0.1, 0.15) is 13.2 Å². The van der Waals surface area contributed by atoms with Crippen LogP contribution in [0.3, 0.4) is 0 Å². The van der Waals surface area contributed by atoms with Crippen molar-refractivity contribution in [2.24, 2.45) is 7.05 Å². The van der Waals surface area contributed by atoms with Crippen LogP contribution in [0.1, 0.15) is 30.0 Å². The normalized spacial score (nSPS) is 19.1. The van der Waals surface area contributed by atoms with Crippen molar-refractivity contribution >= 4 is 0 Å². The lowest BCUT2D eigenvalue weighted by Crippen LogP contribution is -2.23. The minimum Gasteiger partial charge on any atom is -0.486 e. The van der Waals surface area contributed by atoms with E-state index in [9.17, 15) is 0 Å². The molecule has 6 heteroatoms. The Bertz CT molecular complexity index is 967. The molecule has 1 aromatic carbocycles. The van der Waals surface area contributed by atoms with Crippen molar-refractivity contribution in [3.05, 3.63) is 60.0 Å². The van der Waals surface area contributed by atoms with Crippen molar-refractivity contribution < 1.29 is 9.47 Å². The zero-order valence-corrected chi connectivity index (χ0v) is 16.0. The van der Waals surface area contributed by atoms with E-state index < -0.39 is 0 Å². The SMILES string of the molecule is Cn1cc(-c2ccc(CN3CCCC3c3ccc4c(c3)OCCO4)cn2)cn1. The second-order valence-electron chi connectivity index (χ2n) is 7.49. The average Bonchev–Trinajstić information content (AvgIpc) is 3.37. The number of ether oxygens (including phenoxy) is 2. The van der Waals surface area contributed by atoms with Crippen molar-refractivity contribution in [3.63, 3.8) is 0 Å². The molecule has 1 saturated heterocycles. The first-order valence-corrected chi connectivity index (χ1v) is 9.84. The summed E-state index contributed by atoms with van der Waals surface area (Å²) in [4.78, 5) is 7.18. The van der Waals surface area contributed by atoms with Gasteiger partial charge in [-0.1, -0.05) is 12.1 Å². The monoisotopic (exact) mass is 376 g/mol. The number of aryl methyl sites for hydroxylation is 1. The van der Waals surface area contributed by atoms with E-state index in [1.807, 2.05) is 31.7 Å². The minimum atomic E-state index is 0.411. The fourth-order valence-corrected chi connectivity index (χ4v) is 4.14. The molecule has 2 aliphatic heterocycles. The van der Waals surface area contributed by atoms with Crippen LogP contribution in [0.5, 0.6) is 11.5 Å². The smallest absolute Gasteiger partial charge is 0.161 e. The second-order valence-corrected chi connectivity index (χ2v) is 7.49. The molecular formula is C22H24N4O2. The summed E-state index contributed by atoms with van der Waals surface area (Å²) >= 11 is 0. The van der Waals surface area contributed by atoms with Crippen LogP contribution >= 0.6 is 0 Å². The molecule has 144 valence electrons. The van der Waals surface area contributed by atoms with Gasteiger partial charge in [0.2, 0.25) is 0 Å². The summed E-state index contributed by atoms with van der Waals surface area (Å²) in [7, 11) is 1.92. The molecule has 0 radical (unpaired) electrons. The molecule has 1 fully saturated rings. The molecule has 0 saturated carbocycles. The van der Waals surface area contributed by atoms with Crippen LogP contribution in [-0.2, 0) is 13.6 Å². The van der Waals surface area contributed by atoms with Crippen molar-refractivity contribution in [3.8, 4) is 22.8 Å². The van der Waals surface area contributed by atoms with Crippen LogP contribution in [-0.4, -0.2) is 39.4 Å². The summed E-state index contributed by atoms with van der Waals surface area (Å²) in [6.45, 7) is 3.26. The van der Waals surface area contributed by atoms with Gasteiger partial charge in [-0.05, 0) is 48.7 Å². The summed E-state index contributed by atoms with van der Waals surface area (Å²) in [5.41, 5.74) is 4.55. The topological polar surface area (TPSA) is 52.4 Å². The number of nitrogens with zero attached hydrogens (tertiary/aromatic N) is 4. The number of benzene rings is 1. The highest BCUT2D eigenvalue weighted by molar-refractivity contribution is 5.56. The van der Waals surface area contributed by atoms with E-state index in [1.54, 1.807) is 4.68 Å². The third kappa shape index (κ3) is 3.36. The summed E-state index contributed by atoms with van der Waals surface area (Å²) in [6.07, 6.45) is 8.20. The number of hydrogen-bond donors (Lipinski definition) is 0. The van der Waals surface area contributed by atoms with Gasteiger partial charge in [0.05, 0.1) is 11.9 Å². The Labute approximate surface area is 164 Å². The fraction of sp³-hybridized carbons (Fsp3) is 0.364. The van der Waals surface area contributed by atoms with Crippen LogP contribution in [0.2, 0.25) is 0 Å². The summed E-state index contributed by atoms with van der Waals surface area (Å²) < 4.78 is 13.2. The molecule has 0 amide bonds. The van der Waals surface area contributed by atoms with Crippen LogP contribution in [0.4, 0.5) is 0 Å². The Balaban J connectivity index is 1.32. The van der Waals surface area contributed by atoms with Gasteiger partial charge in [0.15, 0.2) is 11.5 Å². The van der Waals surface area contributed by atoms with E-state index in [-0.39, 0.29) is 0 Å². The van der Waals surface area contributed by atoms with Gasteiger partial charge in [0, 0.05) is 37.6 Å². The lowest BCUT2D eigenvalue weighted by atomic mass is 10.0. The van der Waals surface area contributed by atoms with Gasteiger partial charge >= 0.3 is 0 Å². The number of hydrogen-bond acceptors (Lipinski definition) is 5. The molecule has 0 N–H and O–H groups in total. The van der Waals surface area contributed by atoms with Gasteiger partial charge < -0.3 is 9.47 Å². The second kappa shape index (κ2) is 7.28. The Kier molecular flexibility index (Phi) is 4.49. The van der Waals surface area contributed by atoms with Gasteiger partial charge in [0.25, 0.3) is 0 Å². The maximum absolute atomic E-state index is 5.77. The third-order valence-corrected chi connectivity index (χ3v) is 5.53. The van der Waals surface area contributed by atoms with Gasteiger partial charge in [-0.2, -0.15) is 5.10 Å². The zero-order valence-electron chi connectivity index (χ0n) is 16.0.